The summed E-state index contributed by atoms with van der Waals surface area (Å²) in [6.45, 7) is 1.74. The number of aromatic carboxylic acids is 1. The number of carboxylic acids is 1. The zero-order chi connectivity index (χ0) is 14.0. The highest BCUT2D eigenvalue weighted by Gasteiger charge is 2.16. The van der Waals surface area contributed by atoms with Gasteiger partial charge < -0.3 is 15.0 Å². The van der Waals surface area contributed by atoms with Gasteiger partial charge >= 0.3 is 5.97 Å². The van der Waals surface area contributed by atoms with Crippen LogP contribution in [0.5, 0.6) is 0 Å². The molecular weight excluding hydrogens is 246 g/mol. The van der Waals surface area contributed by atoms with E-state index in [4.69, 9.17) is 5.11 Å². The highest BCUT2D eigenvalue weighted by molar-refractivity contribution is 6.07. The van der Waals surface area contributed by atoms with Crippen molar-refractivity contribution in [1.82, 2.24) is 9.55 Å². The average molecular weight is 259 g/mol. The molecule has 0 bridgehead atoms. The van der Waals surface area contributed by atoms with Crippen molar-refractivity contribution >= 4 is 17.6 Å². The number of nitrogens with one attached hydrogen (secondary N) is 1. The van der Waals surface area contributed by atoms with Crippen LogP contribution in [0.15, 0.2) is 30.7 Å². The van der Waals surface area contributed by atoms with Gasteiger partial charge in [0, 0.05) is 7.05 Å². The lowest BCUT2D eigenvalue weighted by molar-refractivity contribution is 0.0698. The zero-order valence-corrected chi connectivity index (χ0v) is 10.5. The van der Waals surface area contributed by atoms with E-state index >= 15 is 0 Å². The largest absolute Gasteiger partial charge is 0.478 e. The third-order valence-corrected chi connectivity index (χ3v) is 2.79. The fraction of sp³-hybridized carbons (Fsp3) is 0.154. The standard InChI is InChI=1S/C13H13N3O3/c1-8-4-3-5-9(13(18)19)11(8)15-12(17)10-6-14-7-16(10)2/h3-7H,1-2H3,(H,15,17)(H,18,19). The van der Waals surface area contributed by atoms with Crippen LogP contribution in [0.1, 0.15) is 26.4 Å². The maximum absolute atomic E-state index is 12.1. The van der Waals surface area contributed by atoms with Gasteiger partial charge in [0.1, 0.15) is 5.69 Å². The summed E-state index contributed by atoms with van der Waals surface area (Å²) in [5, 5.41) is 11.7. The molecule has 6 heteroatoms. The van der Waals surface area contributed by atoms with Gasteiger partial charge in [0.15, 0.2) is 0 Å². The first-order chi connectivity index (χ1) is 9.00. The van der Waals surface area contributed by atoms with Crippen LogP contribution in [-0.2, 0) is 7.05 Å². The Balaban J connectivity index is 2.36. The number of carbonyl (C=O) groups excluding carboxylic acids is 1. The molecule has 98 valence electrons. The molecule has 2 N–H and O–H groups in total. The molecule has 1 aromatic carbocycles. The molecule has 1 heterocycles. The van der Waals surface area contributed by atoms with E-state index < -0.39 is 11.9 Å². The molecule has 0 aliphatic heterocycles. The van der Waals surface area contributed by atoms with Crippen molar-refractivity contribution in [3.63, 3.8) is 0 Å². The molecule has 1 amide bonds. The Morgan fingerprint density at radius 3 is 2.68 bits per heavy atom. The molecule has 0 atom stereocenters. The fourth-order valence-electron chi connectivity index (χ4n) is 1.77. The van der Waals surface area contributed by atoms with Crippen molar-refractivity contribution in [2.45, 2.75) is 6.92 Å². The summed E-state index contributed by atoms with van der Waals surface area (Å²) in [6, 6.07) is 4.83. The predicted molar refractivity (Wildman–Crippen MR) is 69.3 cm³/mol. The maximum atomic E-state index is 12.1. The number of carbonyl (C=O) groups is 2. The van der Waals surface area contributed by atoms with E-state index in [-0.39, 0.29) is 5.56 Å². The summed E-state index contributed by atoms with van der Waals surface area (Å²) in [7, 11) is 1.69. The van der Waals surface area contributed by atoms with Crippen LogP contribution in [0.2, 0.25) is 0 Å². The molecule has 6 nitrogen and oxygen atoms in total. The molecule has 19 heavy (non-hydrogen) atoms. The van der Waals surface area contributed by atoms with E-state index in [0.717, 1.165) is 0 Å². The second-order valence-corrected chi connectivity index (χ2v) is 4.15. The van der Waals surface area contributed by atoms with Gasteiger partial charge in [-0.15, -0.1) is 0 Å². The monoisotopic (exact) mass is 259 g/mol. The fourth-order valence-corrected chi connectivity index (χ4v) is 1.77. The normalized spacial score (nSPS) is 10.2. The van der Waals surface area contributed by atoms with Gasteiger partial charge in [-0.1, -0.05) is 12.1 Å². The highest BCUT2D eigenvalue weighted by atomic mass is 16.4. The molecule has 0 spiro atoms. The van der Waals surface area contributed by atoms with Crippen LogP contribution in [0, 0.1) is 6.92 Å². The smallest absolute Gasteiger partial charge is 0.337 e. The Morgan fingerprint density at radius 1 is 1.37 bits per heavy atom. The van der Waals surface area contributed by atoms with Crippen LogP contribution in [0.3, 0.4) is 0 Å². The summed E-state index contributed by atoms with van der Waals surface area (Å²) < 4.78 is 1.56. The first kappa shape index (κ1) is 12.8. The molecule has 1 aromatic heterocycles. The van der Waals surface area contributed by atoms with Crippen molar-refractivity contribution in [3.8, 4) is 0 Å². The van der Waals surface area contributed by atoms with Crippen molar-refractivity contribution in [2.75, 3.05) is 5.32 Å². The number of anilines is 1. The molecule has 0 unspecified atom stereocenters. The average Bonchev–Trinajstić information content (AvgIpc) is 2.77. The number of imidazole rings is 1. The summed E-state index contributed by atoms with van der Waals surface area (Å²) in [5.41, 5.74) is 1.42. The number of aryl methyl sites for hydroxylation is 2. The van der Waals surface area contributed by atoms with Gasteiger partial charge in [0.05, 0.1) is 23.8 Å². The van der Waals surface area contributed by atoms with Crippen LogP contribution in [0.4, 0.5) is 5.69 Å². The quantitative estimate of drug-likeness (QED) is 0.878. The van der Waals surface area contributed by atoms with Crippen molar-refractivity contribution < 1.29 is 14.7 Å². The molecule has 2 rings (SSSR count). The lowest BCUT2D eigenvalue weighted by Gasteiger charge is -2.11. The topological polar surface area (TPSA) is 84.2 Å². The second-order valence-electron chi connectivity index (χ2n) is 4.15. The van der Waals surface area contributed by atoms with Crippen LogP contribution in [-0.4, -0.2) is 26.5 Å². The molecule has 0 saturated carbocycles. The summed E-state index contributed by atoms with van der Waals surface area (Å²) in [6.07, 6.45) is 2.93. The Kier molecular flexibility index (Phi) is 3.33. The maximum Gasteiger partial charge on any atom is 0.337 e. The molecule has 0 aliphatic carbocycles. The molecule has 0 radical (unpaired) electrons. The minimum absolute atomic E-state index is 0.0653. The number of aromatic nitrogens is 2. The number of hydrogen-bond donors (Lipinski definition) is 2. The van der Waals surface area contributed by atoms with Gasteiger partial charge in [0.2, 0.25) is 0 Å². The summed E-state index contributed by atoms with van der Waals surface area (Å²) >= 11 is 0. The number of hydrogen-bond acceptors (Lipinski definition) is 3. The minimum Gasteiger partial charge on any atom is -0.478 e. The molecule has 0 saturated heterocycles. The number of amides is 1. The van der Waals surface area contributed by atoms with E-state index in [1.54, 1.807) is 30.7 Å². The minimum atomic E-state index is -1.08. The molecule has 0 fully saturated rings. The van der Waals surface area contributed by atoms with Gasteiger partial charge in [-0.25, -0.2) is 9.78 Å². The van der Waals surface area contributed by atoms with Crippen molar-refractivity contribution in [2.24, 2.45) is 7.05 Å². The number of carboxylic acid groups (broad SMARTS) is 1. The summed E-state index contributed by atoms with van der Waals surface area (Å²) in [4.78, 5) is 27.0. The first-order valence-electron chi connectivity index (χ1n) is 5.61. The lowest BCUT2D eigenvalue weighted by Crippen LogP contribution is -2.18. The molecular formula is C13H13N3O3. The van der Waals surface area contributed by atoms with E-state index in [1.165, 1.54) is 18.6 Å². The number of benzene rings is 1. The Hall–Kier alpha value is -2.63. The second kappa shape index (κ2) is 4.93. The molecule has 0 aliphatic rings. The Labute approximate surface area is 109 Å². The van der Waals surface area contributed by atoms with Gasteiger partial charge in [0.25, 0.3) is 5.91 Å². The van der Waals surface area contributed by atoms with E-state index in [9.17, 15) is 9.59 Å². The number of para-hydroxylation sites is 1. The van der Waals surface area contributed by atoms with Crippen LogP contribution < -0.4 is 5.32 Å². The first-order valence-corrected chi connectivity index (χ1v) is 5.61. The highest BCUT2D eigenvalue weighted by Crippen LogP contribution is 2.21. The van der Waals surface area contributed by atoms with E-state index in [1.807, 2.05) is 0 Å². The third-order valence-electron chi connectivity index (χ3n) is 2.79. The van der Waals surface area contributed by atoms with Gasteiger partial charge in [-0.3, -0.25) is 4.79 Å². The predicted octanol–water partition coefficient (Wildman–Crippen LogP) is 1.68. The zero-order valence-electron chi connectivity index (χ0n) is 10.5. The van der Waals surface area contributed by atoms with E-state index in [2.05, 4.69) is 10.3 Å². The van der Waals surface area contributed by atoms with E-state index in [0.29, 0.717) is 16.9 Å². The van der Waals surface area contributed by atoms with Crippen LogP contribution in [0.25, 0.3) is 0 Å². The Morgan fingerprint density at radius 2 is 2.11 bits per heavy atom. The number of rotatable bonds is 3. The number of nitrogens with zero attached hydrogens (tertiary/aromatic N) is 2. The lowest BCUT2D eigenvalue weighted by atomic mass is 10.1. The Bertz CT molecular complexity index is 646. The SMILES string of the molecule is Cc1cccc(C(=O)O)c1NC(=O)c1cncn1C. The van der Waals surface area contributed by atoms with Crippen LogP contribution >= 0.6 is 0 Å². The van der Waals surface area contributed by atoms with Gasteiger partial charge in [-0.2, -0.15) is 0 Å². The molecule has 2 aromatic rings. The third kappa shape index (κ3) is 2.47. The van der Waals surface area contributed by atoms with Crippen molar-refractivity contribution in [1.29, 1.82) is 0 Å². The summed E-state index contributed by atoms with van der Waals surface area (Å²) in [5.74, 6) is -1.47. The van der Waals surface area contributed by atoms with Gasteiger partial charge in [-0.05, 0) is 18.6 Å². The van der Waals surface area contributed by atoms with Crippen molar-refractivity contribution in [3.05, 3.63) is 47.5 Å².